The molecule has 1 atom stereocenters. The summed E-state index contributed by atoms with van der Waals surface area (Å²) < 4.78 is 5.70. The molecule has 0 aliphatic heterocycles. The van der Waals surface area contributed by atoms with Crippen LogP contribution in [0.25, 0.3) is 0 Å². The molecule has 1 aromatic carbocycles. The number of benzene rings is 1. The number of carboxylic acids is 1. The minimum absolute atomic E-state index is 0.00962. The van der Waals surface area contributed by atoms with Crippen molar-refractivity contribution >= 4 is 5.97 Å². The minimum Gasteiger partial charge on any atom is -0.479 e. The summed E-state index contributed by atoms with van der Waals surface area (Å²) in [7, 11) is 0. The first kappa shape index (κ1) is 17.5. The summed E-state index contributed by atoms with van der Waals surface area (Å²) in [6, 6.07) is 6.11. The first-order valence-corrected chi connectivity index (χ1v) is 7.50. The average molecular weight is 292 g/mol. The molecular formula is C18H28O3. The first-order chi connectivity index (χ1) is 9.45. The van der Waals surface area contributed by atoms with Crippen LogP contribution in [0.1, 0.15) is 66.0 Å². The topological polar surface area (TPSA) is 46.5 Å². The Morgan fingerprint density at radius 2 is 1.48 bits per heavy atom. The van der Waals surface area contributed by atoms with Crippen molar-refractivity contribution in [2.75, 3.05) is 0 Å². The van der Waals surface area contributed by atoms with Crippen molar-refractivity contribution in [2.45, 2.75) is 71.8 Å². The summed E-state index contributed by atoms with van der Waals surface area (Å²) in [5.74, 6) is -0.280. The maximum absolute atomic E-state index is 11.2. The maximum atomic E-state index is 11.2. The normalized spacial score (nSPS) is 13.9. The summed E-state index contributed by atoms with van der Waals surface area (Å²) in [5, 5.41) is 9.17. The lowest BCUT2D eigenvalue weighted by atomic mass is 9.80. The fourth-order valence-corrected chi connectivity index (χ4v) is 2.01. The summed E-state index contributed by atoms with van der Waals surface area (Å²) in [5.41, 5.74) is 2.30. The van der Waals surface area contributed by atoms with Gasteiger partial charge in [0.15, 0.2) is 6.10 Å². The van der Waals surface area contributed by atoms with Crippen LogP contribution in [0.3, 0.4) is 0 Å². The number of rotatable bonds is 4. The van der Waals surface area contributed by atoms with Gasteiger partial charge >= 0.3 is 5.97 Å². The molecule has 0 radical (unpaired) electrons. The molecule has 0 aliphatic rings. The van der Waals surface area contributed by atoms with Crippen LogP contribution in [0, 0.1) is 0 Å². The van der Waals surface area contributed by atoms with Gasteiger partial charge in [-0.25, -0.2) is 4.79 Å². The molecule has 1 unspecified atom stereocenters. The molecule has 3 heteroatoms. The van der Waals surface area contributed by atoms with Gasteiger partial charge in [-0.05, 0) is 40.5 Å². The molecule has 0 aromatic heterocycles. The Morgan fingerprint density at radius 1 is 1.05 bits per heavy atom. The van der Waals surface area contributed by atoms with Crippen LogP contribution in [0.2, 0.25) is 0 Å². The molecule has 1 N–H and O–H groups in total. The van der Waals surface area contributed by atoms with Crippen molar-refractivity contribution in [1.82, 2.24) is 0 Å². The predicted octanol–water partition coefficient (Wildman–Crippen LogP) is 4.52. The second-order valence-corrected chi connectivity index (χ2v) is 7.60. The van der Waals surface area contributed by atoms with Crippen LogP contribution in [0.5, 0.6) is 5.75 Å². The van der Waals surface area contributed by atoms with E-state index in [1.807, 2.05) is 19.1 Å². The van der Waals surface area contributed by atoms with Gasteiger partial charge in [-0.2, -0.15) is 0 Å². The second-order valence-electron chi connectivity index (χ2n) is 7.60. The summed E-state index contributed by atoms with van der Waals surface area (Å²) >= 11 is 0. The lowest BCUT2D eigenvalue weighted by Gasteiger charge is -2.26. The monoisotopic (exact) mass is 292 g/mol. The van der Waals surface area contributed by atoms with Gasteiger partial charge in [-0.15, -0.1) is 0 Å². The molecule has 0 saturated carbocycles. The number of aliphatic carboxylic acids is 1. The molecule has 0 saturated heterocycles. The van der Waals surface area contributed by atoms with E-state index in [1.165, 1.54) is 0 Å². The van der Waals surface area contributed by atoms with E-state index in [0.29, 0.717) is 12.2 Å². The smallest absolute Gasteiger partial charge is 0.344 e. The third-order valence-corrected chi connectivity index (χ3v) is 3.56. The van der Waals surface area contributed by atoms with E-state index < -0.39 is 12.1 Å². The van der Waals surface area contributed by atoms with Gasteiger partial charge in [-0.1, -0.05) is 54.5 Å². The Labute approximate surface area is 128 Å². The van der Waals surface area contributed by atoms with E-state index in [1.54, 1.807) is 0 Å². The molecule has 118 valence electrons. The Balaban J connectivity index is 3.29. The van der Waals surface area contributed by atoms with Gasteiger partial charge < -0.3 is 9.84 Å². The van der Waals surface area contributed by atoms with E-state index in [4.69, 9.17) is 9.84 Å². The Morgan fingerprint density at radius 3 is 1.76 bits per heavy atom. The number of ether oxygens (including phenoxy) is 1. The van der Waals surface area contributed by atoms with Gasteiger partial charge in [0.05, 0.1) is 0 Å². The molecule has 1 aromatic rings. The van der Waals surface area contributed by atoms with Crippen molar-refractivity contribution in [3.8, 4) is 5.75 Å². The van der Waals surface area contributed by atoms with E-state index in [9.17, 15) is 4.79 Å². The fraction of sp³-hybridized carbons (Fsp3) is 0.611. The highest BCUT2D eigenvalue weighted by Gasteiger charge is 2.23. The minimum atomic E-state index is -0.920. The van der Waals surface area contributed by atoms with Crippen LogP contribution in [-0.4, -0.2) is 17.2 Å². The van der Waals surface area contributed by atoms with Gasteiger partial charge in [0, 0.05) is 0 Å². The van der Waals surface area contributed by atoms with Gasteiger partial charge in [0.25, 0.3) is 0 Å². The number of hydrogen-bond acceptors (Lipinski definition) is 2. The average Bonchev–Trinajstić information content (AvgIpc) is 2.33. The van der Waals surface area contributed by atoms with Gasteiger partial charge in [0.2, 0.25) is 0 Å². The quantitative estimate of drug-likeness (QED) is 0.887. The molecule has 0 spiro atoms. The summed E-state index contributed by atoms with van der Waals surface area (Å²) in [4.78, 5) is 11.2. The fourth-order valence-electron chi connectivity index (χ4n) is 2.01. The summed E-state index contributed by atoms with van der Waals surface area (Å²) in [6.45, 7) is 14.7. The highest BCUT2D eigenvalue weighted by atomic mass is 16.5. The third kappa shape index (κ3) is 4.76. The number of hydrogen-bond donors (Lipinski definition) is 1. The van der Waals surface area contributed by atoms with Crippen LogP contribution in [0.15, 0.2) is 18.2 Å². The maximum Gasteiger partial charge on any atom is 0.344 e. The Hall–Kier alpha value is -1.51. The van der Waals surface area contributed by atoms with Crippen molar-refractivity contribution in [3.05, 3.63) is 29.3 Å². The lowest BCUT2D eigenvalue weighted by Crippen LogP contribution is -2.26. The van der Waals surface area contributed by atoms with Crippen molar-refractivity contribution < 1.29 is 14.6 Å². The van der Waals surface area contributed by atoms with E-state index >= 15 is 0 Å². The standard InChI is InChI=1S/C18H28O3/c1-8-15(16(19)20)21-14-10-12(17(2,3)4)9-13(11-14)18(5,6)7/h9-11,15H,8H2,1-7H3,(H,19,20). The first-order valence-electron chi connectivity index (χ1n) is 7.50. The van der Waals surface area contributed by atoms with Crippen molar-refractivity contribution in [3.63, 3.8) is 0 Å². The van der Waals surface area contributed by atoms with Gasteiger partial charge in [-0.3, -0.25) is 0 Å². The molecule has 0 aliphatic carbocycles. The Bertz CT molecular complexity index is 472. The Kier molecular flexibility index (Phi) is 5.08. The molecule has 0 fully saturated rings. The zero-order valence-corrected chi connectivity index (χ0v) is 14.3. The SMILES string of the molecule is CCC(Oc1cc(C(C)(C)C)cc(C(C)(C)C)c1)C(=O)O. The van der Waals surface area contributed by atoms with E-state index in [-0.39, 0.29) is 10.8 Å². The molecule has 0 bridgehead atoms. The van der Waals surface area contributed by atoms with Crippen LogP contribution < -0.4 is 4.74 Å². The highest BCUT2D eigenvalue weighted by molar-refractivity contribution is 5.72. The molecular weight excluding hydrogens is 264 g/mol. The van der Waals surface area contributed by atoms with E-state index in [2.05, 4.69) is 47.6 Å². The van der Waals surface area contributed by atoms with Gasteiger partial charge in [0.1, 0.15) is 5.75 Å². The van der Waals surface area contributed by atoms with Crippen molar-refractivity contribution in [1.29, 1.82) is 0 Å². The van der Waals surface area contributed by atoms with Crippen LogP contribution in [-0.2, 0) is 15.6 Å². The van der Waals surface area contributed by atoms with Crippen molar-refractivity contribution in [2.24, 2.45) is 0 Å². The molecule has 1 rings (SSSR count). The highest BCUT2D eigenvalue weighted by Crippen LogP contribution is 2.33. The van der Waals surface area contributed by atoms with Crippen LogP contribution >= 0.6 is 0 Å². The zero-order valence-electron chi connectivity index (χ0n) is 14.3. The summed E-state index contributed by atoms with van der Waals surface area (Å²) in [6.07, 6.45) is -0.354. The van der Waals surface area contributed by atoms with Crippen LogP contribution in [0.4, 0.5) is 0 Å². The zero-order chi connectivity index (χ0) is 16.4. The molecule has 21 heavy (non-hydrogen) atoms. The predicted molar refractivity (Wildman–Crippen MR) is 86.2 cm³/mol. The molecule has 0 heterocycles. The lowest BCUT2D eigenvalue weighted by molar-refractivity contribution is -0.145. The second kappa shape index (κ2) is 6.08. The molecule has 0 amide bonds. The number of carbonyl (C=O) groups is 1. The molecule has 3 nitrogen and oxygen atoms in total. The largest absolute Gasteiger partial charge is 0.479 e. The third-order valence-electron chi connectivity index (χ3n) is 3.56. The van der Waals surface area contributed by atoms with E-state index in [0.717, 1.165) is 11.1 Å². The number of carboxylic acid groups (broad SMARTS) is 1.